The number of benzene rings is 3. The lowest BCUT2D eigenvalue weighted by Gasteiger charge is -2.33. The van der Waals surface area contributed by atoms with Crippen LogP contribution in [0.25, 0.3) is 0 Å². The number of anilines is 1. The van der Waals surface area contributed by atoms with Crippen molar-refractivity contribution in [3.05, 3.63) is 89.5 Å². The van der Waals surface area contributed by atoms with Crippen molar-refractivity contribution in [1.82, 2.24) is 10.2 Å². The molecule has 9 heteroatoms. The van der Waals surface area contributed by atoms with Gasteiger partial charge in [0.2, 0.25) is 11.8 Å². The molecule has 0 spiro atoms. The molecule has 214 valence electrons. The molecule has 0 saturated heterocycles. The molecule has 0 bridgehead atoms. The van der Waals surface area contributed by atoms with Crippen LogP contribution in [0, 0.1) is 13.8 Å². The van der Waals surface area contributed by atoms with Gasteiger partial charge in [0.15, 0.2) is 0 Å². The average Bonchev–Trinajstić information content (AvgIpc) is 2.94. The third-order valence-corrected chi connectivity index (χ3v) is 8.59. The fraction of sp³-hybridized carbons (Fsp3) is 0.355. The van der Waals surface area contributed by atoms with Crippen molar-refractivity contribution in [2.45, 2.75) is 64.6 Å². The molecule has 3 aromatic rings. The number of carbonyl (C=O) groups excluding carboxylic acids is 2. The predicted molar refractivity (Wildman–Crippen MR) is 158 cm³/mol. The third-order valence-electron chi connectivity index (χ3n) is 6.82. The van der Waals surface area contributed by atoms with Crippen LogP contribution >= 0.6 is 0 Å². The summed E-state index contributed by atoms with van der Waals surface area (Å²) in [5, 5.41) is 2.94. The van der Waals surface area contributed by atoms with Gasteiger partial charge in [0.25, 0.3) is 10.0 Å². The second kappa shape index (κ2) is 13.5. The number of ether oxygens (including phenoxy) is 1. The van der Waals surface area contributed by atoms with E-state index >= 15 is 0 Å². The number of rotatable bonds is 12. The maximum atomic E-state index is 14.1. The molecule has 0 saturated carbocycles. The Morgan fingerprint density at radius 3 is 2.23 bits per heavy atom. The molecule has 0 radical (unpaired) electrons. The van der Waals surface area contributed by atoms with E-state index in [2.05, 4.69) is 5.32 Å². The molecule has 0 unspecified atom stereocenters. The lowest BCUT2D eigenvalue weighted by molar-refractivity contribution is -0.139. The van der Waals surface area contributed by atoms with Crippen molar-refractivity contribution < 1.29 is 22.7 Å². The number of nitrogens with zero attached hydrogens (tertiary/aromatic N) is 2. The van der Waals surface area contributed by atoms with E-state index in [0.29, 0.717) is 5.75 Å². The summed E-state index contributed by atoms with van der Waals surface area (Å²) >= 11 is 0. The molecule has 8 nitrogen and oxygen atoms in total. The zero-order valence-corrected chi connectivity index (χ0v) is 24.9. The van der Waals surface area contributed by atoms with Crippen LogP contribution in [-0.4, -0.2) is 50.9 Å². The Morgan fingerprint density at radius 2 is 1.60 bits per heavy atom. The van der Waals surface area contributed by atoms with Gasteiger partial charge >= 0.3 is 0 Å². The normalized spacial score (nSPS) is 12.8. The first-order valence-corrected chi connectivity index (χ1v) is 14.8. The van der Waals surface area contributed by atoms with Crippen molar-refractivity contribution in [2.75, 3.05) is 18.0 Å². The minimum Gasteiger partial charge on any atom is -0.495 e. The summed E-state index contributed by atoms with van der Waals surface area (Å²) in [5.41, 5.74) is 2.89. The summed E-state index contributed by atoms with van der Waals surface area (Å²) in [6.45, 7) is 8.93. The topological polar surface area (TPSA) is 96.0 Å². The van der Waals surface area contributed by atoms with Gasteiger partial charge in [0, 0.05) is 12.6 Å². The first-order valence-electron chi connectivity index (χ1n) is 13.4. The first-order chi connectivity index (χ1) is 19.0. The molecule has 3 rings (SSSR count). The molecule has 0 aliphatic rings. The number of nitrogens with one attached hydrogen (secondary N) is 1. The van der Waals surface area contributed by atoms with E-state index < -0.39 is 28.5 Å². The molecule has 2 amide bonds. The number of sulfonamides is 1. The Hall–Kier alpha value is -3.85. The largest absolute Gasteiger partial charge is 0.495 e. The van der Waals surface area contributed by atoms with Crippen LogP contribution in [0.1, 0.15) is 43.9 Å². The Labute approximate surface area is 238 Å². The van der Waals surface area contributed by atoms with Gasteiger partial charge in [-0.3, -0.25) is 13.9 Å². The highest BCUT2D eigenvalue weighted by molar-refractivity contribution is 7.92. The minimum atomic E-state index is -4.18. The number of amides is 2. The summed E-state index contributed by atoms with van der Waals surface area (Å²) < 4.78 is 34.5. The zero-order valence-electron chi connectivity index (χ0n) is 24.0. The molecule has 2 atom stereocenters. The maximum Gasteiger partial charge on any atom is 0.264 e. The summed E-state index contributed by atoms with van der Waals surface area (Å²) in [5.74, 6) is -0.511. The summed E-state index contributed by atoms with van der Waals surface area (Å²) in [7, 11) is -2.72. The SMILES string of the molecule is CC[C@H](C)NC(=O)[C@@H](C)N(Cc1cccc(C)c1)C(=O)CN(c1cc(C)ccc1OC)S(=O)(=O)c1ccccc1. The Kier molecular flexibility index (Phi) is 10.3. The first kappa shape index (κ1) is 30.7. The van der Waals surface area contributed by atoms with Crippen molar-refractivity contribution in [2.24, 2.45) is 0 Å². The number of carbonyl (C=O) groups is 2. The second-order valence-corrected chi connectivity index (χ2v) is 11.9. The molecule has 0 fully saturated rings. The Bertz CT molecular complexity index is 1430. The quantitative estimate of drug-likeness (QED) is 0.339. The average molecular weight is 566 g/mol. The molecule has 0 aliphatic carbocycles. The highest BCUT2D eigenvalue weighted by Gasteiger charge is 2.34. The summed E-state index contributed by atoms with van der Waals surface area (Å²) in [6.07, 6.45) is 0.737. The molecular formula is C31H39N3O5S. The van der Waals surface area contributed by atoms with E-state index in [9.17, 15) is 18.0 Å². The monoisotopic (exact) mass is 565 g/mol. The standard InChI is InChI=1S/C31H39N3O5S/c1-7-24(4)32-31(36)25(5)33(20-26-13-11-12-22(2)18-26)30(35)21-34(28-19-23(3)16-17-29(28)39-6)40(37,38)27-14-9-8-10-15-27/h8-19,24-25H,7,20-21H2,1-6H3,(H,32,36)/t24-,25+/m0/s1. The van der Waals surface area contributed by atoms with Crippen molar-refractivity contribution in [3.63, 3.8) is 0 Å². The fourth-order valence-electron chi connectivity index (χ4n) is 4.28. The Balaban J connectivity index is 2.08. The fourth-order valence-corrected chi connectivity index (χ4v) is 5.72. The van der Waals surface area contributed by atoms with Gasteiger partial charge < -0.3 is 15.0 Å². The lowest BCUT2D eigenvalue weighted by atomic mass is 10.1. The van der Waals surface area contributed by atoms with Gasteiger partial charge in [-0.2, -0.15) is 0 Å². The van der Waals surface area contributed by atoms with Crippen molar-refractivity contribution in [1.29, 1.82) is 0 Å². The number of hydrogen-bond donors (Lipinski definition) is 1. The summed E-state index contributed by atoms with van der Waals surface area (Å²) in [4.78, 5) is 28.7. The number of hydrogen-bond acceptors (Lipinski definition) is 5. The van der Waals surface area contributed by atoms with Crippen LogP contribution in [-0.2, 0) is 26.2 Å². The van der Waals surface area contributed by atoms with E-state index in [4.69, 9.17) is 4.74 Å². The molecular weight excluding hydrogens is 526 g/mol. The van der Waals surface area contributed by atoms with Crippen LogP contribution in [0.2, 0.25) is 0 Å². The highest BCUT2D eigenvalue weighted by atomic mass is 32.2. The smallest absolute Gasteiger partial charge is 0.264 e. The molecule has 0 heterocycles. The van der Waals surface area contributed by atoms with Crippen molar-refractivity contribution in [3.8, 4) is 5.75 Å². The second-order valence-electron chi connectivity index (χ2n) is 10.0. The van der Waals surface area contributed by atoms with Gasteiger partial charge in [-0.25, -0.2) is 8.42 Å². The van der Waals surface area contributed by atoms with E-state index in [1.807, 2.05) is 58.0 Å². The van der Waals surface area contributed by atoms with Gasteiger partial charge in [0.1, 0.15) is 18.3 Å². The third kappa shape index (κ3) is 7.41. The van der Waals surface area contributed by atoms with Crippen LogP contribution in [0.3, 0.4) is 0 Å². The molecule has 3 aromatic carbocycles. The van der Waals surface area contributed by atoms with E-state index in [-0.39, 0.29) is 29.1 Å². The molecule has 0 aliphatic heterocycles. The molecule has 0 aromatic heterocycles. The van der Waals surface area contributed by atoms with Crippen LogP contribution in [0.5, 0.6) is 5.75 Å². The summed E-state index contributed by atoms with van der Waals surface area (Å²) in [6, 6.07) is 19.9. The molecule has 1 N–H and O–H groups in total. The lowest BCUT2D eigenvalue weighted by Crippen LogP contribution is -2.52. The van der Waals surface area contributed by atoms with Crippen LogP contribution in [0.15, 0.2) is 77.7 Å². The van der Waals surface area contributed by atoms with Crippen LogP contribution in [0.4, 0.5) is 5.69 Å². The van der Waals surface area contributed by atoms with Crippen molar-refractivity contribution >= 4 is 27.5 Å². The van der Waals surface area contributed by atoms with Gasteiger partial charge in [-0.15, -0.1) is 0 Å². The highest BCUT2D eigenvalue weighted by Crippen LogP contribution is 2.33. The predicted octanol–water partition coefficient (Wildman–Crippen LogP) is 4.84. The number of aryl methyl sites for hydroxylation is 2. The van der Waals surface area contributed by atoms with Crippen LogP contribution < -0.4 is 14.4 Å². The maximum absolute atomic E-state index is 14.1. The van der Waals surface area contributed by atoms with Gasteiger partial charge in [-0.1, -0.05) is 61.0 Å². The van der Waals surface area contributed by atoms with Gasteiger partial charge in [-0.05, 0) is 69.5 Å². The van der Waals surface area contributed by atoms with E-state index in [1.54, 1.807) is 37.3 Å². The Morgan fingerprint density at radius 1 is 0.925 bits per heavy atom. The van der Waals surface area contributed by atoms with E-state index in [0.717, 1.165) is 27.4 Å². The minimum absolute atomic E-state index is 0.0409. The molecule has 40 heavy (non-hydrogen) atoms. The van der Waals surface area contributed by atoms with Gasteiger partial charge in [0.05, 0.1) is 17.7 Å². The number of methoxy groups -OCH3 is 1. The van der Waals surface area contributed by atoms with E-state index in [1.165, 1.54) is 24.1 Å². The zero-order chi connectivity index (χ0) is 29.4.